The molecule has 0 amide bonds. The highest BCUT2D eigenvalue weighted by Crippen LogP contribution is 2.19. The number of aryl methyl sites for hydroxylation is 1. The summed E-state index contributed by atoms with van der Waals surface area (Å²) in [5.74, 6) is 0.963. The van der Waals surface area contributed by atoms with Gasteiger partial charge < -0.3 is 9.84 Å². The predicted molar refractivity (Wildman–Crippen MR) is 62.4 cm³/mol. The lowest BCUT2D eigenvalue weighted by atomic mass is 10.1. The third-order valence-corrected chi connectivity index (χ3v) is 2.40. The number of aliphatic hydroxyl groups excluding tert-OH is 1. The average Bonchev–Trinajstić information content (AvgIpc) is 2.22. The van der Waals surface area contributed by atoms with Crippen LogP contribution in [0.5, 0.6) is 5.75 Å². The Balaban J connectivity index is 2.58. The van der Waals surface area contributed by atoms with Crippen LogP contribution >= 0.6 is 0 Å². The Hall–Kier alpha value is -1.02. The van der Waals surface area contributed by atoms with Gasteiger partial charge in [0.25, 0.3) is 0 Å². The zero-order valence-electron chi connectivity index (χ0n) is 9.62. The molecule has 2 nitrogen and oxygen atoms in total. The van der Waals surface area contributed by atoms with Crippen molar-refractivity contribution < 1.29 is 9.84 Å². The first-order valence-electron chi connectivity index (χ1n) is 5.61. The van der Waals surface area contributed by atoms with Crippen molar-refractivity contribution in [3.8, 4) is 5.75 Å². The van der Waals surface area contributed by atoms with Crippen LogP contribution in [-0.2, 0) is 6.42 Å². The standard InChI is InChI=1S/C13H20O2/c1-3-4-9-15-13-6-5-12(7-8-14)10-11(13)2/h5-6,10,14H,3-4,7-9H2,1-2H3. The van der Waals surface area contributed by atoms with Gasteiger partial charge in [0.1, 0.15) is 5.75 Å². The number of benzene rings is 1. The molecule has 0 bridgehead atoms. The summed E-state index contributed by atoms with van der Waals surface area (Å²) in [7, 11) is 0. The molecule has 15 heavy (non-hydrogen) atoms. The first kappa shape index (κ1) is 12.1. The van der Waals surface area contributed by atoms with E-state index < -0.39 is 0 Å². The van der Waals surface area contributed by atoms with Gasteiger partial charge in [0.2, 0.25) is 0 Å². The van der Waals surface area contributed by atoms with Crippen LogP contribution in [0.3, 0.4) is 0 Å². The first-order chi connectivity index (χ1) is 7.27. The molecule has 1 rings (SSSR count). The maximum atomic E-state index is 8.82. The molecule has 1 aromatic carbocycles. The second-order valence-corrected chi connectivity index (χ2v) is 3.78. The fraction of sp³-hybridized carbons (Fsp3) is 0.538. The highest BCUT2D eigenvalue weighted by molar-refractivity contribution is 5.36. The van der Waals surface area contributed by atoms with E-state index in [9.17, 15) is 0 Å². The van der Waals surface area contributed by atoms with Crippen molar-refractivity contribution in [3.63, 3.8) is 0 Å². The molecule has 0 aliphatic heterocycles. The summed E-state index contributed by atoms with van der Waals surface area (Å²) >= 11 is 0. The van der Waals surface area contributed by atoms with Crippen molar-refractivity contribution in [2.75, 3.05) is 13.2 Å². The van der Waals surface area contributed by atoms with E-state index >= 15 is 0 Å². The summed E-state index contributed by atoms with van der Waals surface area (Å²) in [6, 6.07) is 6.10. The Morgan fingerprint density at radius 2 is 2.13 bits per heavy atom. The van der Waals surface area contributed by atoms with Crippen LogP contribution in [0.1, 0.15) is 30.9 Å². The number of aliphatic hydroxyl groups is 1. The smallest absolute Gasteiger partial charge is 0.122 e. The van der Waals surface area contributed by atoms with Gasteiger partial charge >= 0.3 is 0 Å². The van der Waals surface area contributed by atoms with Gasteiger partial charge in [-0.05, 0) is 37.0 Å². The Kier molecular flexibility index (Phi) is 5.19. The quantitative estimate of drug-likeness (QED) is 0.728. The van der Waals surface area contributed by atoms with E-state index in [1.165, 1.54) is 0 Å². The zero-order chi connectivity index (χ0) is 11.1. The van der Waals surface area contributed by atoms with Crippen LogP contribution in [0.25, 0.3) is 0 Å². The summed E-state index contributed by atoms with van der Waals surface area (Å²) < 4.78 is 5.65. The Morgan fingerprint density at radius 3 is 2.73 bits per heavy atom. The van der Waals surface area contributed by atoms with E-state index in [1.54, 1.807) is 0 Å². The molecule has 1 N–H and O–H groups in total. The number of unbranched alkanes of at least 4 members (excludes halogenated alkanes) is 1. The van der Waals surface area contributed by atoms with E-state index in [2.05, 4.69) is 13.0 Å². The molecule has 0 atom stereocenters. The van der Waals surface area contributed by atoms with Crippen molar-refractivity contribution in [2.24, 2.45) is 0 Å². The zero-order valence-corrected chi connectivity index (χ0v) is 9.62. The Labute approximate surface area is 91.9 Å². The summed E-state index contributed by atoms with van der Waals surface area (Å²) in [4.78, 5) is 0. The van der Waals surface area contributed by atoms with E-state index in [-0.39, 0.29) is 6.61 Å². The fourth-order valence-corrected chi connectivity index (χ4v) is 1.48. The van der Waals surface area contributed by atoms with Gasteiger partial charge in [-0.1, -0.05) is 25.5 Å². The van der Waals surface area contributed by atoms with Gasteiger partial charge in [-0.15, -0.1) is 0 Å². The van der Waals surface area contributed by atoms with Crippen LogP contribution in [0.2, 0.25) is 0 Å². The van der Waals surface area contributed by atoms with Crippen LogP contribution in [0, 0.1) is 6.92 Å². The summed E-state index contributed by atoms with van der Waals surface area (Å²) in [6.45, 7) is 5.19. The van der Waals surface area contributed by atoms with Crippen molar-refractivity contribution in [1.29, 1.82) is 0 Å². The molecule has 84 valence electrons. The molecule has 0 saturated carbocycles. The number of hydrogen-bond donors (Lipinski definition) is 1. The minimum Gasteiger partial charge on any atom is -0.493 e. The molecule has 0 unspecified atom stereocenters. The minimum absolute atomic E-state index is 0.204. The molecule has 1 aromatic rings. The van der Waals surface area contributed by atoms with Gasteiger partial charge in [-0.25, -0.2) is 0 Å². The predicted octanol–water partition coefficient (Wildman–Crippen LogP) is 2.71. The van der Waals surface area contributed by atoms with Gasteiger partial charge in [-0.3, -0.25) is 0 Å². The topological polar surface area (TPSA) is 29.5 Å². The lowest BCUT2D eigenvalue weighted by Crippen LogP contribution is -1.99. The second kappa shape index (κ2) is 6.46. The first-order valence-corrected chi connectivity index (χ1v) is 5.61. The van der Waals surface area contributed by atoms with Gasteiger partial charge in [0.15, 0.2) is 0 Å². The largest absolute Gasteiger partial charge is 0.493 e. The molecule has 0 aliphatic carbocycles. The highest BCUT2D eigenvalue weighted by Gasteiger charge is 2.00. The molecule has 0 aliphatic rings. The van der Waals surface area contributed by atoms with Gasteiger partial charge in [0.05, 0.1) is 6.61 Å². The van der Waals surface area contributed by atoms with Crippen LogP contribution < -0.4 is 4.74 Å². The normalized spacial score (nSPS) is 10.3. The van der Waals surface area contributed by atoms with Crippen molar-refractivity contribution in [2.45, 2.75) is 33.1 Å². The maximum Gasteiger partial charge on any atom is 0.122 e. The van der Waals surface area contributed by atoms with E-state index in [4.69, 9.17) is 9.84 Å². The third kappa shape index (κ3) is 3.92. The van der Waals surface area contributed by atoms with Crippen molar-refractivity contribution >= 4 is 0 Å². The molecule has 0 spiro atoms. The molecule has 0 fully saturated rings. The lowest BCUT2D eigenvalue weighted by molar-refractivity contribution is 0.298. The third-order valence-electron chi connectivity index (χ3n) is 2.40. The van der Waals surface area contributed by atoms with E-state index in [0.717, 1.165) is 42.7 Å². The fourth-order valence-electron chi connectivity index (χ4n) is 1.48. The second-order valence-electron chi connectivity index (χ2n) is 3.78. The monoisotopic (exact) mass is 208 g/mol. The molecule has 0 heterocycles. The molecule has 0 radical (unpaired) electrons. The minimum atomic E-state index is 0.204. The summed E-state index contributed by atoms with van der Waals surface area (Å²) in [6.07, 6.45) is 2.97. The van der Waals surface area contributed by atoms with Crippen LogP contribution in [0.15, 0.2) is 18.2 Å². The van der Waals surface area contributed by atoms with E-state index in [1.807, 2.05) is 19.1 Å². The van der Waals surface area contributed by atoms with Gasteiger partial charge in [0, 0.05) is 6.61 Å². The summed E-state index contributed by atoms with van der Waals surface area (Å²) in [5.41, 5.74) is 2.31. The number of rotatable bonds is 6. The molecule has 2 heteroatoms. The lowest BCUT2D eigenvalue weighted by Gasteiger charge is -2.09. The highest BCUT2D eigenvalue weighted by atomic mass is 16.5. The van der Waals surface area contributed by atoms with E-state index in [0.29, 0.717) is 0 Å². The molecule has 0 aromatic heterocycles. The molecular weight excluding hydrogens is 188 g/mol. The van der Waals surface area contributed by atoms with Gasteiger partial charge in [-0.2, -0.15) is 0 Å². The summed E-state index contributed by atoms with van der Waals surface area (Å²) in [5, 5.41) is 8.82. The molecular formula is C13H20O2. The maximum absolute atomic E-state index is 8.82. The average molecular weight is 208 g/mol. The van der Waals surface area contributed by atoms with Crippen molar-refractivity contribution in [1.82, 2.24) is 0 Å². The number of ether oxygens (including phenoxy) is 1. The van der Waals surface area contributed by atoms with Crippen molar-refractivity contribution in [3.05, 3.63) is 29.3 Å². The number of hydrogen-bond acceptors (Lipinski definition) is 2. The Morgan fingerprint density at radius 1 is 1.33 bits per heavy atom. The Bertz CT molecular complexity index is 295. The SMILES string of the molecule is CCCCOc1ccc(CCO)cc1C. The van der Waals surface area contributed by atoms with Crippen LogP contribution in [-0.4, -0.2) is 18.3 Å². The molecule has 0 saturated heterocycles. The van der Waals surface area contributed by atoms with Crippen LogP contribution in [0.4, 0.5) is 0 Å².